The molecule has 1 unspecified atom stereocenters. The van der Waals surface area contributed by atoms with Crippen molar-refractivity contribution in [2.45, 2.75) is 95.0 Å². The maximum Gasteiger partial charge on any atom is 0.326 e. The van der Waals surface area contributed by atoms with Crippen LogP contribution in [0, 0.1) is 5.92 Å². The topological polar surface area (TPSA) is 416 Å². The number of benzene rings is 2. The zero-order valence-corrected chi connectivity index (χ0v) is 39.9. The molecule has 0 saturated heterocycles. The van der Waals surface area contributed by atoms with Crippen molar-refractivity contribution in [3.63, 3.8) is 0 Å². The number of aromatic hydroxyl groups is 1. The van der Waals surface area contributed by atoms with Crippen molar-refractivity contribution in [3.8, 4) is 5.75 Å². The summed E-state index contributed by atoms with van der Waals surface area (Å²) in [6.07, 6.45) is 2.28. The minimum atomic E-state index is -1.32. The quantitative estimate of drug-likeness (QED) is 0.0201. The smallest absolute Gasteiger partial charge is 0.326 e. The van der Waals surface area contributed by atoms with Gasteiger partial charge in [0.05, 0.1) is 19.1 Å². The minimum absolute atomic E-state index is 0.0215. The number of carboxylic acid groups (broad SMARTS) is 1. The molecule has 7 amide bonds. The second-order valence-electron chi connectivity index (χ2n) is 16.2. The molecule has 0 spiro atoms. The van der Waals surface area contributed by atoms with E-state index in [0.29, 0.717) is 16.9 Å². The van der Waals surface area contributed by atoms with Gasteiger partial charge in [-0.2, -0.15) is 11.8 Å². The Morgan fingerprint density at radius 3 is 1.57 bits per heavy atom. The van der Waals surface area contributed by atoms with Crippen LogP contribution in [-0.4, -0.2) is 144 Å². The number of aliphatic imine (C=N–C) groups is 2. The lowest BCUT2D eigenvalue weighted by Gasteiger charge is -2.27. The van der Waals surface area contributed by atoms with Crippen LogP contribution in [-0.2, 0) is 51.2 Å². The van der Waals surface area contributed by atoms with Gasteiger partial charge in [0.2, 0.25) is 41.4 Å². The maximum absolute atomic E-state index is 14.1. The van der Waals surface area contributed by atoms with Crippen LogP contribution < -0.4 is 65.9 Å². The second-order valence-corrected chi connectivity index (χ2v) is 17.2. The Balaban J connectivity index is 2.27. The van der Waals surface area contributed by atoms with Gasteiger partial charge in [0.1, 0.15) is 36.0 Å². The van der Waals surface area contributed by atoms with Crippen molar-refractivity contribution in [1.29, 1.82) is 0 Å². The fraction of sp³-hybridized carbons (Fsp3) is 0.500. The van der Waals surface area contributed by atoms with E-state index >= 15 is 0 Å². The third-order valence-corrected chi connectivity index (χ3v) is 10.8. The van der Waals surface area contributed by atoms with Crippen molar-refractivity contribution in [3.05, 3.63) is 65.7 Å². The van der Waals surface area contributed by atoms with Gasteiger partial charge >= 0.3 is 5.97 Å². The van der Waals surface area contributed by atoms with E-state index in [0.717, 1.165) is 0 Å². The summed E-state index contributed by atoms with van der Waals surface area (Å²) in [4.78, 5) is 114. The summed E-state index contributed by atoms with van der Waals surface area (Å²) < 4.78 is 0. The Bertz CT molecular complexity index is 2070. The van der Waals surface area contributed by atoms with Crippen LogP contribution >= 0.6 is 11.8 Å². The zero-order chi connectivity index (χ0) is 51.5. The number of nitrogens with one attached hydrogen (secondary N) is 7. The van der Waals surface area contributed by atoms with Crippen molar-refractivity contribution in [2.24, 2.45) is 44.6 Å². The lowest BCUT2D eigenvalue weighted by Crippen LogP contribution is -2.59. The highest BCUT2D eigenvalue weighted by molar-refractivity contribution is 7.98. The molecule has 0 aromatic heterocycles. The molecule has 0 aliphatic heterocycles. The number of phenolic OH excluding ortho intramolecular Hbond substituents is 1. The van der Waals surface area contributed by atoms with Gasteiger partial charge in [-0.1, -0.05) is 56.3 Å². The minimum Gasteiger partial charge on any atom is -0.508 e. The van der Waals surface area contributed by atoms with Crippen molar-refractivity contribution in [1.82, 2.24) is 37.2 Å². The van der Waals surface area contributed by atoms with Gasteiger partial charge in [0.25, 0.3) is 0 Å². The third kappa shape index (κ3) is 23.4. The number of carbonyl (C=O) groups is 8. The number of hydrogen-bond donors (Lipinski definition) is 14. The van der Waals surface area contributed by atoms with Crippen LogP contribution in [0.3, 0.4) is 0 Å². The molecule has 6 atom stereocenters. The predicted molar refractivity (Wildman–Crippen MR) is 261 cm³/mol. The van der Waals surface area contributed by atoms with Crippen LogP contribution in [0.4, 0.5) is 0 Å². The Labute approximate surface area is 405 Å². The molecular weight excluding hydrogens is 917 g/mol. The summed E-state index contributed by atoms with van der Waals surface area (Å²) in [5.74, 6) is -7.03. The summed E-state index contributed by atoms with van der Waals surface area (Å²) in [6, 6.07) is 7.39. The van der Waals surface area contributed by atoms with Crippen LogP contribution in [0.15, 0.2) is 64.6 Å². The summed E-state index contributed by atoms with van der Waals surface area (Å²) in [5, 5.41) is 37.1. The first kappa shape index (κ1) is 58.0. The number of aliphatic carboxylic acids is 1. The monoisotopic (exact) mass is 984 g/mol. The highest BCUT2D eigenvalue weighted by Gasteiger charge is 2.33. The van der Waals surface area contributed by atoms with Crippen molar-refractivity contribution >= 4 is 71.0 Å². The first-order chi connectivity index (χ1) is 32.7. The Hall–Kier alpha value is -7.15. The normalized spacial score (nSPS) is 13.4. The number of carbonyl (C=O) groups excluding carboxylic acids is 7. The number of nitrogens with zero attached hydrogens (tertiary/aromatic N) is 2. The molecule has 0 radical (unpaired) electrons. The molecule has 2 rings (SSSR count). The van der Waals surface area contributed by atoms with Crippen molar-refractivity contribution < 1.29 is 48.6 Å². The Kier molecular flexibility index (Phi) is 26.0. The van der Waals surface area contributed by atoms with E-state index in [-0.39, 0.29) is 75.7 Å². The fourth-order valence-electron chi connectivity index (χ4n) is 6.46. The van der Waals surface area contributed by atoms with Crippen LogP contribution in [0.2, 0.25) is 0 Å². The average Bonchev–Trinajstić information content (AvgIpc) is 3.30. The number of phenols is 1. The first-order valence-corrected chi connectivity index (χ1v) is 23.5. The molecule has 0 aliphatic rings. The molecule has 19 N–H and O–H groups in total. The van der Waals surface area contributed by atoms with E-state index in [1.54, 1.807) is 62.6 Å². The van der Waals surface area contributed by atoms with Gasteiger partial charge in [-0.3, -0.25) is 43.5 Å². The molecule has 0 heterocycles. The number of rotatable bonds is 31. The Morgan fingerprint density at radius 1 is 0.594 bits per heavy atom. The van der Waals surface area contributed by atoms with Gasteiger partial charge in [-0.15, -0.1) is 0 Å². The van der Waals surface area contributed by atoms with Gasteiger partial charge in [-0.05, 0) is 79.7 Å². The van der Waals surface area contributed by atoms with Crippen LogP contribution in [0.5, 0.6) is 5.75 Å². The molecular formula is C44H68N14O10S. The summed E-state index contributed by atoms with van der Waals surface area (Å²) in [7, 11) is 0. The summed E-state index contributed by atoms with van der Waals surface area (Å²) in [6.45, 7) is 2.28. The largest absolute Gasteiger partial charge is 0.508 e. The maximum atomic E-state index is 14.1. The highest BCUT2D eigenvalue weighted by Crippen LogP contribution is 2.12. The molecule has 0 aliphatic carbocycles. The molecule has 69 heavy (non-hydrogen) atoms. The molecule has 380 valence electrons. The number of carboxylic acids is 1. The van der Waals surface area contributed by atoms with Crippen LogP contribution in [0.25, 0.3) is 0 Å². The van der Waals surface area contributed by atoms with E-state index in [4.69, 9.17) is 28.7 Å². The molecule has 2 aromatic carbocycles. The van der Waals surface area contributed by atoms with E-state index in [9.17, 15) is 48.6 Å². The van der Waals surface area contributed by atoms with Gasteiger partial charge in [-0.25, -0.2) is 4.79 Å². The number of thioether (sulfide) groups is 1. The predicted octanol–water partition coefficient (Wildman–Crippen LogP) is -3.24. The SMILES string of the molecule is CSCC[C@H](NC(=O)C(Cc1ccccc1)NC(=O)CNC(=O)CNC(=O)[C@@H](N)Cc1ccc(O)cc1)C(=O)N[C@@H](CCCN=C(N)N)C(=O)N[C@@H](CCCN=C(N)N)C(=O)N[C@H](C(=O)O)C(C)C. The van der Waals surface area contributed by atoms with Gasteiger partial charge < -0.3 is 76.1 Å². The zero-order valence-electron chi connectivity index (χ0n) is 39.1. The molecule has 0 fully saturated rings. The summed E-state index contributed by atoms with van der Waals surface area (Å²) >= 11 is 1.38. The highest BCUT2D eigenvalue weighted by atomic mass is 32.2. The molecule has 2 aromatic rings. The lowest BCUT2D eigenvalue weighted by molar-refractivity contribution is -0.143. The molecule has 0 saturated carbocycles. The number of guanidine groups is 2. The first-order valence-electron chi connectivity index (χ1n) is 22.2. The standard InChI is InChI=1S/C44H68N14O10S/c1-25(2)36(42(67)68)58-40(65)31(12-8-19-51-44(48)49)56-38(63)30(11-7-18-50-43(46)47)55-39(64)32(17-20-69-3)57-41(66)33(22-26-9-5-4-6-10-26)54-35(61)24-52-34(60)23-53-37(62)29(45)21-27-13-15-28(59)16-14-27/h4-6,9-10,13-16,25,29-33,36,59H,7-8,11-12,17-24,45H2,1-3H3,(H,52,60)(H,53,62)(H,54,61)(H,55,64)(H,56,63)(H,57,66)(H,58,65)(H,67,68)(H4,46,47,50)(H4,48,49,51)/t29-,30-,31-,32-,33?,36-/m0/s1. The second kappa shape index (κ2) is 31.0. The lowest BCUT2D eigenvalue weighted by atomic mass is 10.0. The van der Waals surface area contributed by atoms with Gasteiger partial charge in [0.15, 0.2) is 11.9 Å². The van der Waals surface area contributed by atoms with E-state index in [1.807, 2.05) is 0 Å². The number of amides is 7. The third-order valence-electron chi connectivity index (χ3n) is 10.2. The molecule has 0 bridgehead atoms. The van der Waals surface area contributed by atoms with E-state index < -0.39 is 103 Å². The number of hydrogen-bond acceptors (Lipinski definition) is 13. The molecule has 25 heteroatoms. The van der Waals surface area contributed by atoms with Crippen molar-refractivity contribution in [2.75, 3.05) is 38.2 Å². The van der Waals surface area contributed by atoms with Gasteiger partial charge in [0, 0.05) is 19.5 Å². The number of nitrogens with two attached hydrogens (primary N) is 5. The average molecular weight is 985 g/mol. The fourth-order valence-corrected chi connectivity index (χ4v) is 6.93. The van der Waals surface area contributed by atoms with E-state index in [2.05, 4.69) is 47.2 Å². The Morgan fingerprint density at radius 2 is 1.07 bits per heavy atom. The summed E-state index contributed by atoms with van der Waals surface area (Å²) in [5.41, 5.74) is 29.2. The molecule has 24 nitrogen and oxygen atoms in total. The van der Waals surface area contributed by atoms with E-state index in [1.165, 1.54) is 23.9 Å². The van der Waals surface area contributed by atoms with Crippen LogP contribution in [0.1, 0.15) is 57.1 Å².